The van der Waals surface area contributed by atoms with Crippen molar-refractivity contribution in [1.82, 2.24) is 4.90 Å². The molecule has 0 heterocycles. The van der Waals surface area contributed by atoms with Gasteiger partial charge in [0.2, 0.25) is 10.0 Å². The number of carbonyl (C=O) groups excluding carboxylic acids is 1. The number of halogens is 1. The molecule has 1 aromatic rings. The number of hydrogen-bond acceptors (Lipinski definition) is 3. The van der Waals surface area contributed by atoms with E-state index in [0.717, 1.165) is 18.6 Å². The van der Waals surface area contributed by atoms with E-state index in [2.05, 4.69) is 0 Å². The zero-order chi connectivity index (χ0) is 14.8. The van der Waals surface area contributed by atoms with Crippen molar-refractivity contribution < 1.29 is 17.6 Å². The van der Waals surface area contributed by atoms with Gasteiger partial charge in [0.15, 0.2) is 0 Å². The van der Waals surface area contributed by atoms with Crippen LogP contribution in [0.3, 0.4) is 0 Å². The molecule has 0 aliphatic rings. The number of aryl methyl sites for hydroxylation is 1. The molecular weight excluding hydrogens is 271 g/mol. The number of amides is 1. The normalized spacial score (nSPS) is 11.4. The van der Waals surface area contributed by atoms with Crippen LogP contribution in [0.2, 0.25) is 0 Å². The Morgan fingerprint density at radius 1 is 1.42 bits per heavy atom. The van der Waals surface area contributed by atoms with Crippen molar-refractivity contribution in [2.75, 3.05) is 13.6 Å². The molecule has 0 unspecified atom stereocenters. The number of hydrogen-bond donors (Lipinski definition) is 1. The maximum Gasteiger partial charge on any atom is 0.256 e. The first-order chi connectivity index (χ1) is 8.68. The maximum absolute atomic E-state index is 13.8. The summed E-state index contributed by atoms with van der Waals surface area (Å²) in [7, 11) is -2.45. The van der Waals surface area contributed by atoms with Gasteiger partial charge in [0.05, 0.1) is 10.5 Å². The molecular formula is C12H17FN2O3S. The third kappa shape index (κ3) is 3.51. The van der Waals surface area contributed by atoms with Gasteiger partial charge in [0.1, 0.15) is 5.82 Å². The standard InChI is InChI=1S/C12H17FN2O3S/c1-4-5-15(3)12(16)9-7-11(19(14,17)18)8(2)6-10(9)13/h6-7H,4-5H2,1-3H3,(H2,14,17,18). The quantitative estimate of drug-likeness (QED) is 0.905. The molecule has 0 spiro atoms. The molecule has 1 rings (SSSR count). The molecule has 0 aliphatic heterocycles. The van der Waals surface area contributed by atoms with E-state index in [1.54, 1.807) is 0 Å². The molecule has 1 amide bonds. The van der Waals surface area contributed by atoms with Crippen molar-refractivity contribution in [3.05, 3.63) is 29.1 Å². The van der Waals surface area contributed by atoms with Crippen LogP contribution in [0.15, 0.2) is 17.0 Å². The zero-order valence-corrected chi connectivity index (χ0v) is 11.9. The van der Waals surface area contributed by atoms with E-state index >= 15 is 0 Å². The minimum absolute atomic E-state index is 0.176. The largest absolute Gasteiger partial charge is 0.342 e. The third-order valence-electron chi connectivity index (χ3n) is 2.71. The summed E-state index contributed by atoms with van der Waals surface area (Å²) in [5, 5.41) is 5.04. The van der Waals surface area contributed by atoms with Gasteiger partial charge in [0, 0.05) is 13.6 Å². The molecule has 0 aliphatic carbocycles. The first-order valence-corrected chi connectivity index (χ1v) is 7.31. The lowest BCUT2D eigenvalue weighted by Crippen LogP contribution is -2.28. The second-order valence-corrected chi connectivity index (χ2v) is 5.90. The molecule has 0 atom stereocenters. The van der Waals surface area contributed by atoms with Crippen LogP contribution in [0.5, 0.6) is 0 Å². The fraction of sp³-hybridized carbons (Fsp3) is 0.417. The van der Waals surface area contributed by atoms with Gasteiger partial charge >= 0.3 is 0 Å². The highest BCUT2D eigenvalue weighted by molar-refractivity contribution is 7.89. The monoisotopic (exact) mass is 288 g/mol. The van der Waals surface area contributed by atoms with Gasteiger partial charge in [-0.25, -0.2) is 17.9 Å². The van der Waals surface area contributed by atoms with Crippen LogP contribution in [0, 0.1) is 12.7 Å². The first kappa shape index (κ1) is 15.6. The lowest BCUT2D eigenvalue weighted by Gasteiger charge is -2.17. The highest BCUT2D eigenvalue weighted by Gasteiger charge is 2.21. The number of carbonyl (C=O) groups is 1. The van der Waals surface area contributed by atoms with Crippen molar-refractivity contribution in [2.45, 2.75) is 25.2 Å². The lowest BCUT2D eigenvalue weighted by molar-refractivity contribution is 0.0790. The topological polar surface area (TPSA) is 80.5 Å². The number of nitrogens with zero attached hydrogens (tertiary/aromatic N) is 1. The van der Waals surface area contributed by atoms with E-state index in [9.17, 15) is 17.6 Å². The number of rotatable bonds is 4. The van der Waals surface area contributed by atoms with Crippen LogP contribution in [-0.2, 0) is 10.0 Å². The average molecular weight is 288 g/mol. The van der Waals surface area contributed by atoms with Crippen molar-refractivity contribution in [3.8, 4) is 0 Å². The summed E-state index contributed by atoms with van der Waals surface area (Å²) < 4.78 is 36.5. The average Bonchev–Trinajstić information content (AvgIpc) is 2.26. The summed E-state index contributed by atoms with van der Waals surface area (Å²) in [4.78, 5) is 13.1. The zero-order valence-electron chi connectivity index (χ0n) is 11.1. The van der Waals surface area contributed by atoms with Gasteiger partial charge in [-0.05, 0) is 31.0 Å². The fourth-order valence-electron chi connectivity index (χ4n) is 1.77. The van der Waals surface area contributed by atoms with E-state index in [4.69, 9.17) is 5.14 Å². The first-order valence-electron chi connectivity index (χ1n) is 5.77. The van der Waals surface area contributed by atoms with Crippen LogP contribution in [0.25, 0.3) is 0 Å². The third-order valence-corrected chi connectivity index (χ3v) is 3.76. The molecule has 0 saturated heterocycles. The Kier molecular flexibility index (Phi) is 4.65. The summed E-state index contributed by atoms with van der Waals surface area (Å²) in [6, 6.07) is 2.00. The van der Waals surface area contributed by atoms with Crippen molar-refractivity contribution in [1.29, 1.82) is 0 Å². The molecule has 0 radical (unpaired) electrons. The Labute approximate surface area is 112 Å². The van der Waals surface area contributed by atoms with E-state index in [-0.39, 0.29) is 16.0 Å². The molecule has 0 fully saturated rings. The SMILES string of the molecule is CCCN(C)C(=O)c1cc(S(N)(=O)=O)c(C)cc1F. The Balaban J connectivity index is 3.34. The van der Waals surface area contributed by atoms with Crippen LogP contribution in [0.1, 0.15) is 29.3 Å². The van der Waals surface area contributed by atoms with Crippen LogP contribution >= 0.6 is 0 Å². The molecule has 5 nitrogen and oxygen atoms in total. The van der Waals surface area contributed by atoms with Gasteiger partial charge in [0.25, 0.3) is 5.91 Å². The summed E-state index contributed by atoms with van der Waals surface area (Å²) in [6.45, 7) is 3.76. The minimum atomic E-state index is -3.98. The van der Waals surface area contributed by atoms with E-state index in [1.165, 1.54) is 18.9 Å². The van der Waals surface area contributed by atoms with E-state index < -0.39 is 21.7 Å². The molecule has 106 valence electrons. The highest BCUT2D eigenvalue weighted by Crippen LogP contribution is 2.20. The van der Waals surface area contributed by atoms with Gasteiger partial charge in [-0.15, -0.1) is 0 Å². The summed E-state index contributed by atoms with van der Waals surface area (Å²) in [5.74, 6) is -1.32. The van der Waals surface area contributed by atoms with E-state index in [0.29, 0.717) is 6.54 Å². The van der Waals surface area contributed by atoms with Gasteiger partial charge in [-0.2, -0.15) is 0 Å². The van der Waals surface area contributed by atoms with Gasteiger partial charge in [-0.1, -0.05) is 6.92 Å². The fourth-order valence-corrected chi connectivity index (χ4v) is 2.56. The summed E-state index contributed by atoms with van der Waals surface area (Å²) in [6.07, 6.45) is 0.720. The number of primary sulfonamides is 1. The van der Waals surface area contributed by atoms with Crippen molar-refractivity contribution >= 4 is 15.9 Å². The molecule has 0 bridgehead atoms. The number of benzene rings is 1. The molecule has 2 N–H and O–H groups in total. The highest BCUT2D eigenvalue weighted by atomic mass is 32.2. The predicted molar refractivity (Wildman–Crippen MR) is 69.8 cm³/mol. The van der Waals surface area contributed by atoms with Crippen LogP contribution in [-0.4, -0.2) is 32.8 Å². The van der Waals surface area contributed by atoms with Crippen molar-refractivity contribution in [2.24, 2.45) is 5.14 Å². The smallest absolute Gasteiger partial charge is 0.256 e. The Morgan fingerprint density at radius 2 is 2.00 bits per heavy atom. The Hall–Kier alpha value is -1.47. The number of sulfonamides is 1. The molecule has 1 aromatic carbocycles. The minimum Gasteiger partial charge on any atom is -0.342 e. The number of nitrogens with two attached hydrogens (primary N) is 1. The molecule has 0 saturated carbocycles. The maximum atomic E-state index is 13.8. The van der Waals surface area contributed by atoms with Gasteiger partial charge < -0.3 is 4.90 Å². The van der Waals surface area contributed by atoms with Gasteiger partial charge in [-0.3, -0.25) is 4.79 Å². The van der Waals surface area contributed by atoms with Crippen molar-refractivity contribution in [3.63, 3.8) is 0 Å². The van der Waals surface area contributed by atoms with E-state index in [1.807, 2.05) is 6.92 Å². The summed E-state index contributed by atoms with van der Waals surface area (Å²) >= 11 is 0. The Bertz CT molecular complexity index is 599. The molecule has 7 heteroatoms. The summed E-state index contributed by atoms with van der Waals surface area (Å²) in [5.41, 5.74) is -0.111. The lowest BCUT2D eigenvalue weighted by atomic mass is 10.1. The molecule has 0 aromatic heterocycles. The second kappa shape index (κ2) is 5.66. The Morgan fingerprint density at radius 3 is 2.47 bits per heavy atom. The molecule has 19 heavy (non-hydrogen) atoms. The predicted octanol–water partition coefficient (Wildman–Crippen LogP) is 1.26. The van der Waals surface area contributed by atoms with Crippen LogP contribution in [0.4, 0.5) is 4.39 Å². The second-order valence-electron chi connectivity index (χ2n) is 4.37. The van der Waals surface area contributed by atoms with Crippen LogP contribution < -0.4 is 5.14 Å².